The highest BCUT2D eigenvalue weighted by molar-refractivity contribution is 6.31. The molecule has 0 amide bonds. The number of aliphatic carboxylic acids is 1. The van der Waals surface area contributed by atoms with Gasteiger partial charge in [0, 0.05) is 42.8 Å². The summed E-state index contributed by atoms with van der Waals surface area (Å²) in [5.74, 6) is -1.39. The SMILES string of the molecule is CN1CCN(C(CC(=O)O)c2c(F)cccc2Cl)CC1. The van der Waals surface area contributed by atoms with E-state index in [0.717, 1.165) is 13.1 Å². The minimum Gasteiger partial charge on any atom is -0.481 e. The van der Waals surface area contributed by atoms with Crippen LogP contribution in [0.5, 0.6) is 0 Å². The van der Waals surface area contributed by atoms with E-state index in [-0.39, 0.29) is 11.4 Å². The molecule has 1 unspecified atom stereocenters. The fourth-order valence-electron chi connectivity index (χ4n) is 2.54. The van der Waals surface area contributed by atoms with Crippen LogP contribution in [0.3, 0.4) is 0 Å². The lowest BCUT2D eigenvalue weighted by Crippen LogP contribution is -2.46. The maximum absolute atomic E-state index is 14.1. The molecule has 2 rings (SSSR count). The van der Waals surface area contributed by atoms with Crippen molar-refractivity contribution < 1.29 is 14.3 Å². The predicted octanol–water partition coefficient (Wildman–Crippen LogP) is 2.24. The monoisotopic (exact) mass is 300 g/mol. The molecule has 110 valence electrons. The fraction of sp³-hybridized carbons (Fsp3) is 0.500. The summed E-state index contributed by atoms with van der Waals surface area (Å²) in [5, 5.41) is 9.39. The van der Waals surface area contributed by atoms with Crippen LogP contribution in [-0.4, -0.2) is 54.1 Å². The third-order valence-corrected chi connectivity index (χ3v) is 4.01. The van der Waals surface area contributed by atoms with E-state index < -0.39 is 17.8 Å². The van der Waals surface area contributed by atoms with Crippen LogP contribution in [0, 0.1) is 5.82 Å². The van der Waals surface area contributed by atoms with E-state index in [1.807, 2.05) is 11.9 Å². The van der Waals surface area contributed by atoms with Crippen molar-refractivity contribution in [3.63, 3.8) is 0 Å². The van der Waals surface area contributed by atoms with E-state index in [9.17, 15) is 9.18 Å². The zero-order chi connectivity index (χ0) is 14.7. The second kappa shape index (κ2) is 6.52. The first-order chi connectivity index (χ1) is 9.49. The summed E-state index contributed by atoms with van der Waals surface area (Å²) in [6, 6.07) is 3.94. The van der Waals surface area contributed by atoms with E-state index in [2.05, 4.69) is 4.90 Å². The van der Waals surface area contributed by atoms with Crippen LogP contribution in [-0.2, 0) is 4.79 Å². The number of halogens is 2. The molecule has 0 radical (unpaired) electrons. The van der Waals surface area contributed by atoms with Crippen molar-refractivity contribution >= 4 is 17.6 Å². The Morgan fingerprint density at radius 3 is 2.60 bits per heavy atom. The molecule has 0 bridgehead atoms. The minimum absolute atomic E-state index is 0.148. The average Bonchev–Trinajstić information content (AvgIpc) is 2.38. The highest BCUT2D eigenvalue weighted by Crippen LogP contribution is 2.33. The van der Waals surface area contributed by atoms with Gasteiger partial charge in [0.1, 0.15) is 5.82 Å². The molecule has 1 heterocycles. The predicted molar refractivity (Wildman–Crippen MR) is 75.5 cm³/mol. The van der Waals surface area contributed by atoms with Gasteiger partial charge in [0.25, 0.3) is 0 Å². The topological polar surface area (TPSA) is 43.8 Å². The number of carbonyl (C=O) groups is 1. The number of hydrogen-bond donors (Lipinski definition) is 1. The van der Waals surface area contributed by atoms with E-state index in [4.69, 9.17) is 16.7 Å². The van der Waals surface area contributed by atoms with Gasteiger partial charge in [-0.2, -0.15) is 0 Å². The van der Waals surface area contributed by atoms with Crippen LogP contribution < -0.4 is 0 Å². The molecular formula is C14H18ClFN2O2. The molecule has 1 aliphatic rings. The molecule has 20 heavy (non-hydrogen) atoms. The van der Waals surface area contributed by atoms with E-state index in [0.29, 0.717) is 18.7 Å². The maximum atomic E-state index is 14.1. The van der Waals surface area contributed by atoms with Gasteiger partial charge in [-0.1, -0.05) is 17.7 Å². The van der Waals surface area contributed by atoms with Gasteiger partial charge >= 0.3 is 5.97 Å². The zero-order valence-corrected chi connectivity index (χ0v) is 12.1. The summed E-state index contributed by atoms with van der Waals surface area (Å²) in [4.78, 5) is 15.3. The third kappa shape index (κ3) is 3.48. The number of carboxylic acid groups (broad SMARTS) is 1. The first kappa shape index (κ1) is 15.2. The van der Waals surface area contributed by atoms with Crippen molar-refractivity contribution in [3.8, 4) is 0 Å². The largest absolute Gasteiger partial charge is 0.481 e. The number of carboxylic acids is 1. The molecule has 1 aromatic carbocycles. The number of piperazine rings is 1. The molecule has 0 aromatic heterocycles. The quantitative estimate of drug-likeness (QED) is 0.926. The number of rotatable bonds is 4. The molecule has 1 atom stereocenters. The molecule has 1 N–H and O–H groups in total. The smallest absolute Gasteiger partial charge is 0.305 e. The first-order valence-electron chi connectivity index (χ1n) is 6.57. The summed E-state index contributed by atoms with van der Waals surface area (Å²) in [6.45, 7) is 3.09. The highest BCUT2D eigenvalue weighted by atomic mass is 35.5. The summed E-state index contributed by atoms with van der Waals surface area (Å²) in [7, 11) is 2.01. The lowest BCUT2D eigenvalue weighted by atomic mass is 10.00. The number of hydrogen-bond acceptors (Lipinski definition) is 3. The van der Waals surface area contributed by atoms with Gasteiger partial charge < -0.3 is 10.0 Å². The van der Waals surface area contributed by atoms with Crippen LogP contribution in [0.15, 0.2) is 18.2 Å². The van der Waals surface area contributed by atoms with Gasteiger partial charge in [0.15, 0.2) is 0 Å². The van der Waals surface area contributed by atoms with Gasteiger partial charge in [-0.15, -0.1) is 0 Å². The minimum atomic E-state index is -0.951. The van der Waals surface area contributed by atoms with Crippen LogP contribution in [0.4, 0.5) is 4.39 Å². The second-order valence-electron chi connectivity index (χ2n) is 5.09. The summed E-state index contributed by atoms with van der Waals surface area (Å²) >= 11 is 6.09. The van der Waals surface area contributed by atoms with Crippen LogP contribution in [0.2, 0.25) is 5.02 Å². The van der Waals surface area contributed by atoms with Crippen molar-refractivity contribution in [2.24, 2.45) is 0 Å². The number of likely N-dealkylation sites (N-methyl/N-ethyl adjacent to an activating group) is 1. The fourth-order valence-corrected chi connectivity index (χ4v) is 2.83. The third-order valence-electron chi connectivity index (χ3n) is 3.68. The van der Waals surface area contributed by atoms with E-state index >= 15 is 0 Å². The normalized spacial score (nSPS) is 18.9. The van der Waals surface area contributed by atoms with E-state index in [1.54, 1.807) is 6.07 Å². The molecule has 1 aliphatic heterocycles. The number of nitrogens with zero attached hydrogens (tertiary/aromatic N) is 2. The Balaban J connectivity index is 2.30. The van der Waals surface area contributed by atoms with Gasteiger partial charge in [0.05, 0.1) is 6.42 Å². The van der Waals surface area contributed by atoms with Crippen LogP contribution in [0.1, 0.15) is 18.0 Å². The molecular weight excluding hydrogens is 283 g/mol. The Hall–Kier alpha value is -1.17. The molecule has 6 heteroatoms. The van der Waals surface area contributed by atoms with Gasteiger partial charge in [0.2, 0.25) is 0 Å². The molecule has 1 aromatic rings. The van der Waals surface area contributed by atoms with Gasteiger partial charge in [-0.3, -0.25) is 9.69 Å². The molecule has 4 nitrogen and oxygen atoms in total. The summed E-state index contributed by atoms with van der Waals surface area (Å²) in [6.07, 6.45) is -0.148. The Morgan fingerprint density at radius 1 is 1.40 bits per heavy atom. The lowest BCUT2D eigenvalue weighted by Gasteiger charge is -2.38. The molecule has 0 saturated carbocycles. The van der Waals surface area contributed by atoms with Crippen molar-refractivity contribution in [2.75, 3.05) is 33.2 Å². The van der Waals surface area contributed by atoms with Gasteiger partial charge in [-0.25, -0.2) is 4.39 Å². The molecule has 0 spiro atoms. The first-order valence-corrected chi connectivity index (χ1v) is 6.95. The Morgan fingerprint density at radius 2 is 2.05 bits per heavy atom. The van der Waals surface area contributed by atoms with E-state index in [1.165, 1.54) is 12.1 Å². The molecule has 1 fully saturated rings. The van der Waals surface area contributed by atoms with Crippen molar-refractivity contribution in [2.45, 2.75) is 12.5 Å². The van der Waals surface area contributed by atoms with Gasteiger partial charge in [-0.05, 0) is 19.2 Å². The Bertz CT molecular complexity index is 470. The Labute approximate surface area is 122 Å². The lowest BCUT2D eigenvalue weighted by molar-refractivity contribution is -0.138. The summed E-state index contributed by atoms with van der Waals surface area (Å²) < 4.78 is 14.1. The average molecular weight is 301 g/mol. The maximum Gasteiger partial charge on any atom is 0.305 e. The summed E-state index contributed by atoms with van der Waals surface area (Å²) in [5.41, 5.74) is 0.293. The zero-order valence-electron chi connectivity index (χ0n) is 11.4. The highest BCUT2D eigenvalue weighted by Gasteiger charge is 2.29. The van der Waals surface area contributed by atoms with Crippen molar-refractivity contribution in [1.29, 1.82) is 0 Å². The van der Waals surface area contributed by atoms with Crippen molar-refractivity contribution in [3.05, 3.63) is 34.6 Å². The van der Waals surface area contributed by atoms with Crippen LogP contribution >= 0.6 is 11.6 Å². The molecule has 0 aliphatic carbocycles. The standard InChI is InChI=1S/C14H18ClFN2O2/c1-17-5-7-18(8-6-17)12(9-13(19)20)14-10(15)3-2-4-11(14)16/h2-4,12H,5-9H2,1H3,(H,19,20). The second-order valence-corrected chi connectivity index (χ2v) is 5.50. The Kier molecular flexibility index (Phi) is 4.96. The van der Waals surface area contributed by atoms with Crippen LogP contribution in [0.25, 0.3) is 0 Å². The van der Waals surface area contributed by atoms with Crippen molar-refractivity contribution in [1.82, 2.24) is 9.80 Å². The number of benzene rings is 1. The molecule has 1 saturated heterocycles.